The molecule has 1 saturated heterocycles. The average Bonchev–Trinajstić information content (AvgIpc) is 2.76. The molecule has 0 saturated carbocycles. The van der Waals surface area contributed by atoms with E-state index in [1.54, 1.807) is 6.07 Å². The highest BCUT2D eigenvalue weighted by Crippen LogP contribution is 2.28. The molecule has 2 heterocycles. The number of nitrogens with two attached hydrogens (primary N) is 1. The van der Waals surface area contributed by atoms with Gasteiger partial charge in [-0.2, -0.15) is 11.8 Å². The van der Waals surface area contributed by atoms with Crippen LogP contribution in [-0.2, 0) is 0 Å². The van der Waals surface area contributed by atoms with Gasteiger partial charge < -0.3 is 15.5 Å². The van der Waals surface area contributed by atoms with Gasteiger partial charge in [-0.15, -0.1) is 0 Å². The third kappa shape index (κ3) is 2.73. The number of aromatic amines is 1. The van der Waals surface area contributed by atoms with Gasteiger partial charge in [-0.25, -0.2) is 4.79 Å². The van der Waals surface area contributed by atoms with Crippen LogP contribution in [-0.4, -0.2) is 22.5 Å². The van der Waals surface area contributed by atoms with Crippen LogP contribution in [0.1, 0.15) is 19.3 Å². The number of rotatable bonds is 3. The number of hydrogen-bond donors (Lipinski definition) is 3. The molecule has 6 heteroatoms. The zero-order chi connectivity index (χ0) is 13.2. The SMILES string of the molecule is Nc1cc2oc(=O)[nH]c2cc1NCC1CCCCS1. The van der Waals surface area contributed by atoms with E-state index in [1.807, 2.05) is 17.8 Å². The Morgan fingerprint density at radius 3 is 3.16 bits per heavy atom. The first kappa shape index (κ1) is 12.5. The van der Waals surface area contributed by atoms with Crippen molar-refractivity contribution in [3.8, 4) is 0 Å². The zero-order valence-corrected chi connectivity index (χ0v) is 11.4. The Balaban J connectivity index is 1.76. The number of anilines is 2. The highest BCUT2D eigenvalue weighted by molar-refractivity contribution is 7.99. The normalized spacial score (nSPS) is 19.7. The van der Waals surface area contributed by atoms with Crippen molar-refractivity contribution in [3.05, 3.63) is 22.7 Å². The maximum atomic E-state index is 11.1. The Kier molecular flexibility index (Phi) is 3.42. The van der Waals surface area contributed by atoms with E-state index in [9.17, 15) is 4.79 Å². The fourth-order valence-corrected chi connectivity index (χ4v) is 3.60. The van der Waals surface area contributed by atoms with E-state index in [-0.39, 0.29) is 0 Å². The number of nitrogen functional groups attached to an aromatic ring is 1. The van der Waals surface area contributed by atoms with Crippen LogP contribution in [0.2, 0.25) is 0 Å². The lowest BCUT2D eigenvalue weighted by molar-refractivity contribution is 0.555. The third-order valence-corrected chi connectivity index (χ3v) is 4.78. The van der Waals surface area contributed by atoms with Gasteiger partial charge >= 0.3 is 5.76 Å². The molecule has 1 fully saturated rings. The second kappa shape index (κ2) is 5.21. The minimum absolute atomic E-state index is 0.450. The van der Waals surface area contributed by atoms with Crippen molar-refractivity contribution < 1.29 is 4.42 Å². The molecule has 0 bridgehead atoms. The molecule has 1 aliphatic rings. The quantitative estimate of drug-likeness (QED) is 0.751. The molecule has 102 valence electrons. The fourth-order valence-electron chi connectivity index (χ4n) is 2.36. The largest absolute Gasteiger partial charge is 0.417 e. The molecular weight excluding hydrogens is 262 g/mol. The van der Waals surface area contributed by atoms with Gasteiger partial charge in [0.1, 0.15) is 0 Å². The molecule has 2 aromatic rings. The first-order valence-electron chi connectivity index (χ1n) is 6.50. The molecule has 1 atom stereocenters. The molecule has 1 unspecified atom stereocenters. The summed E-state index contributed by atoms with van der Waals surface area (Å²) in [6, 6.07) is 3.52. The van der Waals surface area contributed by atoms with Crippen molar-refractivity contribution in [1.82, 2.24) is 4.98 Å². The summed E-state index contributed by atoms with van der Waals surface area (Å²) in [7, 11) is 0. The van der Waals surface area contributed by atoms with E-state index < -0.39 is 5.76 Å². The Morgan fingerprint density at radius 2 is 2.37 bits per heavy atom. The van der Waals surface area contributed by atoms with Crippen LogP contribution in [0.15, 0.2) is 21.3 Å². The molecule has 3 rings (SSSR count). The van der Waals surface area contributed by atoms with Crippen molar-refractivity contribution >= 4 is 34.2 Å². The van der Waals surface area contributed by atoms with Crippen LogP contribution in [0, 0.1) is 0 Å². The lowest BCUT2D eigenvalue weighted by atomic mass is 10.2. The van der Waals surface area contributed by atoms with Crippen molar-refractivity contribution in [2.24, 2.45) is 0 Å². The Hall–Kier alpha value is -1.56. The minimum Gasteiger partial charge on any atom is -0.408 e. The number of H-pyrrole nitrogens is 1. The molecule has 0 aliphatic carbocycles. The minimum atomic E-state index is -0.450. The fraction of sp³-hybridized carbons (Fsp3) is 0.462. The summed E-state index contributed by atoms with van der Waals surface area (Å²) in [6.45, 7) is 0.905. The Morgan fingerprint density at radius 1 is 1.47 bits per heavy atom. The maximum Gasteiger partial charge on any atom is 0.417 e. The van der Waals surface area contributed by atoms with Crippen molar-refractivity contribution in [3.63, 3.8) is 0 Å². The first-order chi connectivity index (χ1) is 9.22. The highest BCUT2D eigenvalue weighted by Gasteiger charge is 2.14. The van der Waals surface area contributed by atoms with Crippen LogP contribution in [0.5, 0.6) is 0 Å². The smallest absolute Gasteiger partial charge is 0.408 e. The summed E-state index contributed by atoms with van der Waals surface area (Å²) in [5.41, 5.74) is 8.61. The summed E-state index contributed by atoms with van der Waals surface area (Å²) in [5, 5.41) is 4.02. The van der Waals surface area contributed by atoms with Gasteiger partial charge in [0.25, 0.3) is 0 Å². The van der Waals surface area contributed by atoms with Gasteiger partial charge in [-0.05, 0) is 24.7 Å². The van der Waals surface area contributed by atoms with Crippen LogP contribution in [0.4, 0.5) is 11.4 Å². The van der Waals surface area contributed by atoms with Gasteiger partial charge in [0.05, 0.1) is 16.9 Å². The molecule has 1 aromatic heterocycles. The maximum absolute atomic E-state index is 11.1. The van der Waals surface area contributed by atoms with Gasteiger partial charge in [-0.1, -0.05) is 6.42 Å². The van der Waals surface area contributed by atoms with E-state index >= 15 is 0 Å². The molecule has 1 aromatic carbocycles. The summed E-state index contributed by atoms with van der Waals surface area (Å²) < 4.78 is 4.98. The predicted molar refractivity (Wildman–Crippen MR) is 79.8 cm³/mol. The van der Waals surface area contributed by atoms with E-state index in [1.165, 1.54) is 25.0 Å². The second-order valence-electron chi connectivity index (χ2n) is 4.82. The molecule has 1 aliphatic heterocycles. The molecule has 0 radical (unpaired) electrons. The van der Waals surface area contributed by atoms with Crippen molar-refractivity contribution in [2.45, 2.75) is 24.5 Å². The molecular formula is C13H17N3O2S. The highest BCUT2D eigenvalue weighted by atomic mass is 32.2. The number of thioether (sulfide) groups is 1. The topological polar surface area (TPSA) is 84.0 Å². The summed E-state index contributed by atoms with van der Waals surface area (Å²) in [4.78, 5) is 13.8. The lowest BCUT2D eigenvalue weighted by Crippen LogP contribution is -2.20. The van der Waals surface area contributed by atoms with E-state index in [4.69, 9.17) is 10.2 Å². The molecule has 0 spiro atoms. The summed E-state index contributed by atoms with van der Waals surface area (Å²) in [5.74, 6) is 0.796. The molecule has 4 N–H and O–H groups in total. The number of oxazole rings is 1. The Bertz CT molecular complexity index is 628. The number of fused-ring (bicyclic) bond motifs is 1. The summed E-state index contributed by atoms with van der Waals surface area (Å²) >= 11 is 2.02. The van der Waals surface area contributed by atoms with Crippen LogP contribution < -0.4 is 16.8 Å². The standard InChI is InChI=1S/C13H17N3O2S/c14-9-5-12-11(16-13(17)18-12)6-10(9)15-7-8-3-1-2-4-19-8/h5-6,8,15H,1-4,7,14H2,(H,16,17). The Labute approximate surface area is 114 Å². The predicted octanol–water partition coefficient (Wildman–Crippen LogP) is 2.40. The third-order valence-electron chi connectivity index (χ3n) is 3.39. The number of aromatic nitrogens is 1. The second-order valence-corrected chi connectivity index (χ2v) is 6.23. The first-order valence-corrected chi connectivity index (χ1v) is 7.55. The van der Waals surface area contributed by atoms with Gasteiger partial charge in [-0.3, -0.25) is 4.98 Å². The van der Waals surface area contributed by atoms with Crippen LogP contribution in [0.3, 0.4) is 0 Å². The van der Waals surface area contributed by atoms with Gasteiger partial charge in [0, 0.05) is 17.9 Å². The van der Waals surface area contributed by atoms with Crippen molar-refractivity contribution in [1.29, 1.82) is 0 Å². The zero-order valence-electron chi connectivity index (χ0n) is 10.6. The average molecular weight is 279 g/mol. The van der Waals surface area contributed by atoms with Crippen LogP contribution in [0.25, 0.3) is 11.1 Å². The van der Waals surface area contributed by atoms with Crippen molar-refractivity contribution in [2.75, 3.05) is 23.3 Å². The van der Waals surface area contributed by atoms with Crippen LogP contribution >= 0.6 is 11.8 Å². The van der Waals surface area contributed by atoms with Gasteiger partial charge in [0.2, 0.25) is 0 Å². The lowest BCUT2D eigenvalue weighted by Gasteiger charge is -2.22. The monoisotopic (exact) mass is 279 g/mol. The number of nitrogens with one attached hydrogen (secondary N) is 2. The molecule has 0 amide bonds. The summed E-state index contributed by atoms with van der Waals surface area (Å²) in [6.07, 6.45) is 3.89. The van der Waals surface area contributed by atoms with E-state index in [0.29, 0.717) is 22.0 Å². The number of hydrogen-bond acceptors (Lipinski definition) is 5. The number of benzene rings is 1. The molecule has 19 heavy (non-hydrogen) atoms. The van der Waals surface area contributed by atoms with Gasteiger partial charge in [0.15, 0.2) is 5.58 Å². The molecule has 5 nitrogen and oxygen atoms in total. The van der Waals surface area contributed by atoms with E-state index in [0.717, 1.165) is 12.2 Å². The van der Waals surface area contributed by atoms with E-state index in [2.05, 4.69) is 10.3 Å².